The highest BCUT2D eigenvalue weighted by Crippen LogP contribution is 2.38. The van der Waals surface area contributed by atoms with E-state index in [9.17, 15) is 9.59 Å². The molecule has 5 heteroatoms. The van der Waals surface area contributed by atoms with Crippen molar-refractivity contribution in [2.75, 3.05) is 7.11 Å². The normalized spacial score (nSPS) is 18.9. The summed E-state index contributed by atoms with van der Waals surface area (Å²) in [5.74, 6) is -2.60. The maximum absolute atomic E-state index is 12.2. The lowest BCUT2D eigenvalue weighted by molar-refractivity contribution is -0.243. The van der Waals surface area contributed by atoms with Crippen LogP contribution in [0.25, 0.3) is 0 Å². The fourth-order valence-electron chi connectivity index (χ4n) is 2.50. The molecule has 0 aromatic heterocycles. The van der Waals surface area contributed by atoms with E-state index in [1.165, 1.54) is 0 Å². The molecular weight excluding hydrogens is 272 g/mol. The summed E-state index contributed by atoms with van der Waals surface area (Å²) in [7, 11) is 1.58. The van der Waals surface area contributed by atoms with Gasteiger partial charge in [0.15, 0.2) is 5.92 Å². The predicted molar refractivity (Wildman–Crippen MR) is 75.8 cm³/mol. The van der Waals surface area contributed by atoms with Crippen LogP contribution in [0.4, 0.5) is 0 Å². The molecule has 0 aliphatic carbocycles. The molecule has 0 unspecified atom stereocenters. The number of cyclic esters (lactones) is 2. The van der Waals surface area contributed by atoms with E-state index in [0.29, 0.717) is 5.75 Å². The first-order chi connectivity index (χ1) is 9.67. The van der Waals surface area contributed by atoms with Gasteiger partial charge in [-0.15, -0.1) is 0 Å². The number of methoxy groups -OCH3 is 1. The molecule has 1 aromatic rings. The molecule has 0 amide bonds. The Balaban J connectivity index is 2.33. The third-order valence-corrected chi connectivity index (χ3v) is 3.72. The second kappa shape index (κ2) is 5.06. The molecular formula is C16H20O5. The minimum atomic E-state index is -1.21. The maximum atomic E-state index is 12.2. The van der Waals surface area contributed by atoms with Gasteiger partial charge in [0, 0.05) is 19.3 Å². The Labute approximate surface area is 124 Å². The molecule has 0 saturated carbocycles. The number of esters is 2. The summed E-state index contributed by atoms with van der Waals surface area (Å²) < 4.78 is 15.5. The second-order valence-electron chi connectivity index (χ2n) is 6.13. The van der Waals surface area contributed by atoms with Crippen LogP contribution in [-0.4, -0.2) is 24.8 Å². The van der Waals surface area contributed by atoms with Crippen molar-refractivity contribution >= 4 is 11.9 Å². The summed E-state index contributed by atoms with van der Waals surface area (Å²) in [4.78, 5) is 24.4. The van der Waals surface area contributed by atoms with Gasteiger partial charge in [-0.2, -0.15) is 0 Å². The minimum Gasteiger partial charge on any atom is -0.497 e. The number of ether oxygens (including phenoxy) is 3. The van der Waals surface area contributed by atoms with Crippen LogP contribution in [0, 0.1) is 5.92 Å². The minimum absolute atomic E-state index is 0.558. The Kier molecular flexibility index (Phi) is 3.70. The summed E-state index contributed by atoms with van der Waals surface area (Å²) in [5, 5.41) is 0. The van der Waals surface area contributed by atoms with Crippen molar-refractivity contribution in [2.24, 2.45) is 5.92 Å². The number of benzene rings is 1. The van der Waals surface area contributed by atoms with Crippen molar-refractivity contribution in [1.82, 2.24) is 0 Å². The zero-order chi connectivity index (χ0) is 15.8. The number of carbonyl (C=O) groups is 2. The quantitative estimate of drug-likeness (QED) is 0.632. The first-order valence-electron chi connectivity index (χ1n) is 6.77. The summed E-state index contributed by atoms with van der Waals surface area (Å²) in [6.45, 7) is 6.72. The van der Waals surface area contributed by atoms with Crippen LogP contribution in [0.3, 0.4) is 0 Å². The highest BCUT2D eigenvalue weighted by molar-refractivity contribution is 5.98. The van der Waals surface area contributed by atoms with E-state index < -0.39 is 29.1 Å². The Hall–Kier alpha value is -2.04. The van der Waals surface area contributed by atoms with Gasteiger partial charge in [0.2, 0.25) is 0 Å². The third kappa shape index (κ3) is 2.86. The molecule has 1 heterocycles. The van der Waals surface area contributed by atoms with E-state index in [4.69, 9.17) is 14.2 Å². The predicted octanol–water partition coefficient (Wildman–Crippen LogP) is 2.43. The molecule has 5 nitrogen and oxygen atoms in total. The third-order valence-electron chi connectivity index (χ3n) is 3.72. The fraction of sp³-hybridized carbons (Fsp3) is 0.500. The molecule has 1 saturated heterocycles. The second-order valence-corrected chi connectivity index (χ2v) is 6.13. The average molecular weight is 292 g/mol. The molecule has 21 heavy (non-hydrogen) atoms. The number of rotatable bonds is 3. The fourth-order valence-corrected chi connectivity index (χ4v) is 2.50. The smallest absolute Gasteiger partial charge is 0.324 e. The van der Waals surface area contributed by atoms with E-state index in [-0.39, 0.29) is 0 Å². The topological polar surface area (TPSA) is 61.8 Å². The molecule has 0 atom stereocenters. The van der Waals surface area contributed by atoms with Gasteiger partial charge in [-0.1, -0.05) is 26.0 Å². The van der Waals surface area contributed by atoms with Crippen LogP contribution in [-0.2, 0) is 24.5 Å². The lowest BCUT2D eigenvalue weighted by Crippen LogP contribution is -2.52. The summed E-state index contributed by atoms with van der Waals surface area (Å²) in [6.07, 6.45) is 0. The van der Waals surface area contributed by atoms with Crippen LogP contribution in [0.1, 0.15) is 33.3 Å². The zero-order valence-electron chi connectivity index (χ0n) is 12.9. The van der Waals surface area contributed by atoms with Crippen molar-refractivity contribution < 1.29 is 23.8 Å². The molecule has 0 bridgehead atoms. The van der Waals surface area contributed by atoms with Gasteiger partial charge in [0.05, 0.1) is 7.11 Å². The average Bonchev–Trinajstić information content (AvgIpc) is 2.36. The van der Waals surface area contributed by atoms with Gasteiger partial charge in [-0.05, 0) is 17.7 Å². The van der Waals surface area contributed by atoms with Crippen LogP contribution >= 0.6 is 0 Å². The van der Waals surface area contributed by atoms with Crippen LogP contribution < -0.4 is 4.74 Å². The van der Waals surface area contributed by atoms with E-state index in [2.05, 4.69) is 0 Å². The highest BCUT2D eigenvalue weighted by atomic mass is 16.7. The van der Waals surface area contributed by atoms with E-state index in [1.807, 2.05) is 26.0 Å². The summed E-state index contributed by atoms with van der Waals surface area (Å²) in [6, 6.07) is 7.25. The molecule has 0 N–H and O–H groups in total. The van der Waals surface area contributed by atoms with Crippen molar-refractivity contribution in [3.63, 3.8) is 0 Å². The monoisotopic (exact) mass is 292 g/mol. The van der Waals surface area contributed by atoms with Gasteiger partial charge in [-0.3, -0.25) is 9.59 Å². The van der Waals surface area contributed by atoms with Crippen molar-refractivity contribution in [3.8, 4) is 5.75 Å². The van der Waals surface area contributed by atoms with E-state index in [0.717, 1.165) is 5.56 Å². The van der Waals surface area contributed by atoms with Gasteiger partial charge < -0.3 is 14.2 Å². The molecule has 1 aliphatic heterocycles. The Morgan fingerprint density at radius 2 is 1.52 bits per heavy atom. The molecule has 0 spiro atoms. The molecule has 0 radical (unpaired) electrons. The number of hydrogen-bond donors (Lipinski definition) is 0. The lowest BCUT2D eigenvalue weighted by atomic mass is 9.73. The Morgan fingerprint density at radius 1 is 1.05 bits per heavy atom. The SMILES string of the molecule is COc1ccc(C(C)(C)C2C(=O)OC(C)(C)OC2=O)cc1. The first-order valence-corrected chi connectivity index (χ1v) is 6.77. The number of carbonyl (C=O) groups excluding carboxylic acids is 2. The van der Waals surface area contributed by atoms with Crippen LogP contribution in [0.2, 0.25) is 0 Å². The first kappa shape index (κ1) is 15.4. The maximum Gasteiger partial charge on any atom is 0.324 e. The lowest BCUT2D eigenvalue weighted by Gasteiger charge is -2.39. The van der Waals surface area contributed by atoms with Gasteiger partial charge in [0.1, 0.15) is 5.75 Å². The van der Waals surface area contributed by atoms with E-state index >= 15 is 0 Å². The van der Waals surface area contributed by atoms with Crippen LogP contribution in [0.15, 0.2) is 24.3 Å². The summed E-state index contributed by atoms with van der Waals surface area (Å²) >= 11 is 0. The van der Waals surface area contributed by atoms with Crippen LogP contribution in [0.5, 0.6) is 5.75 Å². The molecule has 1 aromatic carbocycles. The van der Waals surface area contributed by atoms with Crippen molar-refractivity contribution in [1.29, 1.82) is 0 Å². The van der Waals surface area contributed by atoms with Gasteiger partial charge >= 0.3 is 11.9 Å². The standard InChI is InChI=1S/C16H20O5/c1-15(2,10-6-8-11(19-5)9-7-10)12-13(17)20-16(3,4)21-14(12)18/h6-9,12H,1-5H3. The zero-order valence-corrected chi connectivity index (χ0v) is 12.9. The van der Waals surface area contributed by atoms with Gasteiger partial charge in [0.25, 0.3) is 5.79 Å². The van der Waals surface area contributed by atoms with Crippen molar-refractivity contribution in [2.45, 2.75) is 38.9 Å². The Bertz CT molecular complexity index is 537. The summed E-state index contributed by atoms with van der Waals surface area (Å²) in [5.41, 5.74) is 0.0959. The van der Waals surface area contributed by atoms with Gasteiger partial charge in [-0.25, -0.2) is 0 Å². The Morgan fingerprint density at radius 3 is 1.95 bits per heavy atom. The molecule has 1 aliphatic rings. The van der Waals surface area contributed by atoms with E-state index in [1.54, 1.807) is 33.1 Å². The molecule has 114 valence electrons. The molecule has 2 rings (SSSR count). The molecule has 1 fully saturated rings. The number of hydrogen-bond acceptors (Lipinski definition) is 5. The van der Waals surface area contributed by atoms with Crippen molar-refractivity contribution in [3.05, 3.63) is 29.8 Å². The largest absolute Gasteiger partial charge is 0.497 e. The highest BCUT2D eigenvalue weighted by Gasteiger charge is 2.51.